The van der Waals surface area contributed by atoms with Crippen LogP contribution in [0.5, 0.6) is 0 Å². The Balaban J connectivity index is 2.20. The van der Waals surface area contributed by atoms with Gasteiger partial charge in [0, 0.05) is 35.7 Å². The molecule has 0 amide bonds. The number of nitrogens with zero attached hydrogens (tertiary/aromatic N) is 2. The minimum Gasteiger partial charge on any atom is -0.292 e. The summed E-state index contributed by atoms with van der Waals surface area (Å²) >= 11 is 3.53. The number of nitro benzene ring substituents is 1. The zero-order chi connectivity index (χ0) is 16.1. The molecule has 0 unspecified atom stereocenters. The second kappa shape index (κ2) is 7.88. The van der Waals surface area contributed by atoms with E-state index in [2.05, 4.69) is 27.4 Å². The molecule has 0 aromatic heterocycles. The van der Waals surface area contributed by atoms with Gasteiger partial charge in [0.25, 0.3) is 5.69 Å². The van der Waals surface area contributed by atoms with Gasteiger partial charge in [-0.3, -0.25) is 15.0 Å². The summed E-state index contributed by atoms with van der Waals surface area (Å²) in [6.07, 6.45) is 6.28. The van der Waals surface area contributed by atoms with Crippen LogP contribution in [0.15, 0.2) is 34.8 Å². The van der Waals surface area contributed by atoms with Crippen LogP contribution in [0.3, 0.4) is 0 Å². The predicted octanol–water partition coefficient (Wildman–Crippen LogP) is 5.07. The number of hydrogen-bond donors (Lipinski definition) is 0. The lowest BCUT2D eigenvalue weighted by atomic mass is 9.93. The molecule has 1 fully saturated rings. The quantitative estimate of drug-likeness (QED) is 0.401. The summed E-state index contributed by atoms with van der Waals surface area (Å²) in [6, 6.07) is 5.54. The SMILES string of the molecule is C=C(C)CN(Cc1cc([N+](=O)[O-])ccc1Br)C1CCCCC1. The standard InChI is InChI=1S/C17H23BrN2O2/c1-13(2)11-19(15-6-4-3-5-7-15)12-14-10-16(20(21)22)8-9-17(14)18/h8-10,15H,1,3-7,11-12H2,2H3. The van der Waals surface area contributed by atoms with Crippen LogP contribution in [-0.4, -0.2) is 22.4 Å². The molecule has 120 valence electrons. The van der Waals surface area contributed by atoms with Crippen molar-refractivity contribution >= 4 is 21.6 Å². The summed E-state index contributed by atoms with van der Waals surface area (Å²) in [6.45, 7) is 7.65. The van der Waals surface area contributed by atoms with E-state index in [0.29, 0.717) is 6.04 Å². The van der Waals surface area contributed by atoms with Gasteiger partial charge in [-0.05, 0) is 31.4 Å². The van der Waals surface area contributed by atoms with Gasteiger partial charge in [0.1, 0.15) is 0 Å². The van der Waals surface area contributed by atoms with Gasteiger partial charge in [-0.2, -0.15) is 0 Å². The maximum Gasteiger partial charge on any atom is 0.269 e. The zero-order valence-corrected chi connectivity index (χ0v) is 14.6. The van der Waals surface area contributed by atoms with Crippen LogP contribution in [0, 0.1) is 10.1 Å². The molecule has 0 spiro atoms. The summed E-state index contributed by atoms with van der Waals surface area (Å²) < 4.78 is 0.931. The maximum absolute atomic E-state index is 11.0. The molecule has 0 N–H and O–H groups in total. The molecular weight excluding hydrogens is 344 g/mol. The molecule has 1 aromatic rings. The van der Waals surface area contributed by atoms with Gasteiger partial charge < -0.3 is 0 Å². The first-order valence-electron chi connectivity index (χ1n) is 7.78. The van der Waals surface area contributed by atoms with Gasteiger partial charge in [-0.25, -0.2) is 0 Å². The van der Waals surface area contributed by atoms with Crippen LogP contribution in [0.4, 0.5) is 5.69 Å². The first-order chi connectivity index (χ1) is 10.5. The van der Waals surface area contributed by atoms with Crippen molar-refractivity contribution in [3.05, 3.63) is 50.5 Å². The van der Waals surface area contributed by atoms with E-state index in [-0.39, 0.29) is 10.6 Å². The van der Waals surface area contributed by atoms with Crippen LogP contribution in [0.25, 0.3) is 0 Å². The Bertz CT molecular complexity index is 554. The van der Waals surface area contributed by atoms with Gasteiger partial charge >= 0.3 is 0 Å². The van der Waals surface area contributed by atoms with Gasteiger partial charge in [-0.15, -0.1) is 0 Å². The Kier molecular flexibility index (Phi) is 6.15. The van der Waals surface area contributed by atoms with Crippen molar-refractivity contribution in [1.29, 1.82) is 0 Å². The molecule has 0 radical (unpaired) electrons. The van der Waals surface area contributed by atoms with Crippen molar-refractivity contribution in [3.63, 3.8) is 0 Å². The fraction of sp³-hybridized carbons (Fsp3) is 0.529. The van der Waals surface area contributed by atoms with Crippen LogP contribution >= 0.6 is 15.9 Å². The fourth-order valence-corrected chi connectivity index (χ4v) is 3.49. The highest BCUT2D eigenvalue weighted by atomic mass is 79.9. The van der Waals surface area contributed by atoms with E-state index >= 15 is 0 Å². The molecule has 0 saturated heterocycles. The van der Waals surface area contributed by atoms with E-state index in [1.807, 2.05) is 6.92 Å². The van der Waals surface area contributed by atoms with Crippen molar-refractivity contribution in [2.75, 3.05) is 6.54 Å². The Morgan fingerprint density at radius 3 is 2.68 bits per heavy atom. The third-order valence-corrected chi connectivity index (χ3v) is 4.95. The van der Waals surface area contributed by atoms with E-state index in [9.17, 15) is 10.1 Å². The number of rotatable bonds is 6. The molecular formula is C17H23BrN2O2. The van der Waals surface area contributed by atoms with E-state index < -0.39 is 0 Å². The molecule has 22 heavy (non-hydrogen) atoms. The molecule has 0 heterocycles. The molecule has 4 nitrogen and oxygen atoms in total. The van der Waals surface area contributed by atoms with Crippen molar-refractivity contribution in [2.45, 2.75) is 51.6 Å². The number of non-ortho nitro benzene ring substituents is 1. The number of halogens is 1. The first kappa shape index (κ1) is 17.2. The third kappa shape index (κ3) is 4.65. The largest absolute Gasteiger partial charge is 0.292 e. The monoisotopic (exact) mass is 366 g/mol. The molecule has 0 atom stereocenters. The number of hydrogen-bond acceptors (Lipinski definition) is 3. The highest BCUT2D eigenvalue weighted by Gasteiger charge is 2.22. The lowest BCUT2D eigenvalue weighted by Crippen LogP contribution is -2.37. The Hall–Kier alpha value is -1.20. The summed E-state index contributed by atoms with van der Waals surface area (Å²) in [7, 11) is 0. The Morgan fingerprint density at radius 2 is 2.09 bits per heavy atom. The average Bonchev–Trinajstić information content (AvgIpc) is 2.49. The van der Waals surface area contributed by atoms with Crippen LogP contribution in [0.2, 0.25) is 0 Å². The molecule has 0 bridgehead atoms. The second-order valence-corrected chi connectivity index (χ2v) is 7.04. The molecule has 1 aliphatic carbocycles. The minimum absolute atomic E-state index is 0.150. The summed E-state index contributed by atoms with van der Waals surface area (Å²) in [5.74, 6) is 0. The fourth-order valence-electron chi connectivity index (χ4n) is 3.12. The van der Waals surface area contributed by atoms with Crippen molar-refractivity contribution < 1.29 is 4.92 Å². The van der Waals surface area contributed by atoms with Gasteiger partial charge in [0.05, 0.1) is 4.92 Å². The smallest absolute Gasteiger partial charge is 0.269 e. The van der Waals surface area contributed by atoms with E-state index in [1.165, 1.54) is 38.2 Å². The predicted molar refractivity (Wildman–Crippen MR) is 92.9 cm³/mol. The highest BCUT2D eigenvalue weighted by Crippen LogP contribution is 2.28. The van der Waals surface area contributed by atoms with Crippen LogP contribution < -0.4 is 0 Å². The number of nitro groups is 1. The van der Waals surface area contributed by atoms with E-state index in [1.54, 1.807) is 12.1 Å². The van der Waals surface area contributed by atoms with E-state index in [0.717, 1.165) is 28.7 Å². The van der Waals surface area contributed by atoms with Gasteiger partial charge in [0.2, 0.25) is 0 Å². The summed E-state index contributed by atoms with van der Waals surface area (Å²) in [4.78, 5) is 13.1. The molecule has 5 heteroatoms. The normalized spacial score (nSPS) is 16.0. The van der Waals surface area contributed by atoms with Crippen LogP contribution in [0.1, 0.15) is 44.6 Å². The molecule has 1 aromatic carbocycles. The van der Waals surface area contributed by atoms with Gasteiger partial charge in [-0.1, -0.05) is 47.3 Å². The Labute approximate surface area is 140 Å². The van der Waals surface area contributed by atoms with Crippen LogP contribution in [-0.2, 0) is 6.54 Å². The zero-order valence-electron chi connectivity index (χ0n) is 13.1. The first-order valence-corrected chi connectivity index (χ1v) is 8.58. The van der Waals surface area contributed by atoms with Crippen molar-refractivity contribution in [1.82, 2.24) is 4.90 Å². The Morgan fingerprint density at radius 1 is 1.41 bits per heavy atom. The van der Waals surface area contributed by atoms with Crippen molar-refractivity contribution in [2.24, 2.45) is 0 Å². The third-order valence-electron chi connectivity index (χ3n) is 4.18. The topological polar surface area (TPSA) is 46.4 Å². The minimum atomic E-state index is -0.334. The van der Waals surface area contributed by atoms with Crippen molar-refractivity contribution in [3.8, 4) is 0 Å². The van der Waals surface area contributed by atoms with E-state index in [4.69, 9.17) is 0 Å². The van der Waals surface area contributed by atoms with Gasteiger partial charge in [0.15, 0.2) is 0 Å². The second-order valence-electron chi connectivity index (χ2n) is 6.19. The lowest BCUT2D eigenvalue weighted by Gasteiger charge is -2.34. The molecule has 1 aliphatic rings. The highest BCUT2D eigenvalue weighted by molar-refractivity contribution is 9.10. The maximum atomic E-state index is 11.0. The number of benzene rings is 1. The molecule has 1 saturated carbocycles. The molecule has 2 rings (SSSR count). The summed E-state index contributed by atoms with van der Waals surface area (Å²) in [5, 5.41) is 11.0. The lowest BCUT2D eigenvalue weighted by molar-refractivity contribution is -0.384. The molecule has 0 aliphatic heterocycles. The summed E-state index contributed by atoms with van der Waals surface area (Å²) in [5.41, 5.74) is 2.25. The average molecular weight is 367 g/mol.